The molecule has 6 heteroatoms. The molecule has 3 aliphatic heterocycles. The van der Waals surface area contributed by atoms with Gasteiger partial charge in [-0.15, -0.1) is 0 Å². The molecule has 0 saturated carbocycles. The number of carbonyl (C=O) groups excluding carboxylic acids is 2. The van der Waals surface area contributed by atoms with Crippen molar-refractivity contribution in [2.45, 2.75) is 31.6 Å². The quantitative estimate of drug-likeness (QED) is 0.762. The fourth-order valence-electron chi connectivity index (χ4n) is 4.74. The third-order valence-corrected chi connectivity index (χ3v) is 6.11. The average Bonchev–Trinajstić information content (AvgIpc) is 3.30. The molecule has 0 aromatic heterocycles. The minimum atomic E-state index is -0.430. The number of piperazine rings is 1. The van der Waals surface area contributed by atoms with E-state index in [2.05, 4.69) is 24.3 Å². The Morgan fingerprint density at radius 2 is 1.77 bits per heavy atom. The van der Waals surface area contributed by atoms with Crippen LogP contribution in [0.15, 0.2) is 30.3 Å². The molecule has 4 atom stereocenters. The summed E-state index contributed by atoms with van der Waals surface area (Å²) in [6.07, 6.45) is 1.45. The molecule has 140 valence electrons. The molecule has 3 heterocycles. The third kappa shape index (κ3) is 3.23. The summed E-state index contributed by atoms with van der Waals surface area (Å²) < 4.78 is 10.8. The zero-order valence-electron chi connectivity index (χ0n) is 15.2. The second kappa shape index (κ2) is 7.37. The van der Waals surface area contributed by atoms with Gasteiger partial charge in [-0.2, -0.15) is 0 Å². The number of hydrogen-bond donors (Lipinski definition) is 1. The van der Waals surface area contributed by atoms with Gasteiger partial charge in [0.1, 0.15) is 6.54 Å². The minimum absolute atomic E-state index is 0.0753. The topological polar surface area (TPSA) is 60.3 Å². The van der Waals surface area contributed by atoms with E-state index < -0.39 is 5.92 Å². The summed E-state index contributed by atoms with van der Waals surface area (Å²) in [6, 6.07) is 10.5. The lowest BCUT2D eigenvalue weighted by atomic mass is 9.78. The van der Waals surface area contributed by atoms with Gasteiger partial charge in [-0.25, -0.2) is 0 Å². The summed E-state index contributed by atoms with van der Waals surface area (Å²) in [5.41, 5.74) is 1.33. The number of quaternary nitrogens is 1. The van der Waals surface area contributed by atoms with E-state index in [0.717, 1.165) is 45.6 Å². The van der Waals surface area contributed by atoms with Crippen LogP contribution in [-0.4, -0.2) is 62.3 Å². The van der Waals surface area contributed by atoms with Crippen LogP contribution in [0.3, 0.4) is 0 Å². The maximum absolute atomic E-state index is 13.1. The van der Waals surface area contributed by atoms with Crippen molar-refractivity contribution in [3.8, 4) is 0 Å². The molecule has 0 radical (unpaired) electrons. The Bertz CT molecular complexity index is 657. The van der Waals surface area contributed by atoms with E-state index >= 15 is 0 Å². The number of nitrogens with one attached hydrogen (secondary N) is 1. The summed E-state index contributed by atoms with van der Waals surface area (Å²) in [5, 5.41) is 0. The molecule has 1 amide bonds. The summed E-state index contributed by atoms with van der Waals surface area (Å²) >= 11 is 0. The lowest BCUT2D eigenvalue weighted by molar-refractivity contribution is -0.917. The molecule has 6 nitrogen and oxygen atoms in total. The van der Waals surface area contributed by atoms with Crippen LogP contribution in [-0.2, 0) is 25.6 Å². The fourth-order valence-corrected chi connectivity index (χ4v) is 4.74. The van der Waals surface area contributed by atoms with Gasteiger partial charge in [-0.1, -0.05) is 30.3 Å². The van der Waals surface area contributed by atoms with Crippen molar-refractivity contribution < 1.29 is 24.0 Å². The van der Waals surface area contributed by atoms with Crippen molar-refractivity contribution >= 4 is 11.9 Å². The molecule has 0 spiro atoms. The number of fused-ring (bicyclic) bond motifs is 2. The monoisotopic (exact) mass is 359 g/mol. The van der Waals surface area contributed by atoms with Crippen LogP contribution in [0.4, 0.5) is 0 Å². The number of hydrogen-bond acceptors (Lipinski definition) is 4. The predicted octanol–water partition coefficient (Wildman–Crippen LogP) is -0.120. The van der Waals surface area contributed by atoms with Crippen LogP contribution in [0.25, 0.3) is 0 Å². The standard InChI is InChI=1S/C20H26N2O4/c1-25-20(24)18-16-8-7-15(26-16)17(18)19(23)22-11-9-21(10-12-22)13-14-5-3-2-4-6-14/h2-6,15-18H,7-13H2,1H3/p+1. The maximum atomic E-state index is 13.1. The molecular weight excluding hydrogens is 332 g/mol. The minimum Gasteiger partial charge on any atom is -0.469 e. The number of benzene rings is 1. The van der Waals surface area contributed by atoms with Crippen LogP contribution < -0.4 is 4.90 Å². The highest BCUT2D eigenvalue weighted by atomic mass is 16.5. The van der Waals surface area contributed by atoms with Gasteiger partial charge >= 0.3 is 5.97 Å². The van der Waals surface area contributed by atoms with Gasteiger partial charge in [0, 0.05) is 5.56 Å². The molecule has 2 bridgehead atoms. The van der Waals surface area contributed by atoms with Crippen molar-refractivity contribution in [3.63, 3.8) is 0 Å². The second-order valence-electron chi connectivity index (χ2n) is 7.60. The molecule has 4 unspecified atom stereocenters. The van der Waals surface area contributed by atoms with Gasteiger partial charge in [-0.05, 0) is 12.8 Å². The average molecular weight is 359 g/mol. The van der Waals surface area contributed by atoms with Crippen LogP contribution in [0.1, 0.15) is 18.4 Å². The Hall–Kier alpha value is -1.92. The highest BCUT2D eigenvalue weighted by molar-refractivity contribution is 5.87. The van der Waals surface area contributed by atoms with Crippen molar-refractivity contribution in [3.05, 3.63) is 35.9 Å². The first-order valence-corrected chi connectivity index (χ1v) is 9.57. The van der Waals surface area contributed by atoms with Crippen molar-refractivity contribution in [1.29, 1.82) is 0 Å². The summed E-state index contributed by atoms with van der Waals surface area (Å²) in [4.78, 5) is 28.7. The van der Waals surface area contributed by atoms with E-state index in [-0.39, 0.29) is 30.0 Å². The normalized spacial score (nSPS) is 31.2. The number of carbonyl (C=O) groups is 2. The molecular formula is C20H27N2O4+. The number of ether oxygens (including phenoxy) is 2. The summed E-state index contributed by atoms with van der Waals surface area (Å²) in [5.74, 6) is -1.02. The molecule has 4 rings (SSSR count). The maximum Gasteiger partial charge on any atom is 0.312 e. The van der Waals surface area contributed by atoms with Crippen LogP contribution in [0.2, 0.25) is 0 Å². The molecule has 1 aromatic rings. The number of esters is 1. The van der Waals surface area contributed by atoms with E-state index in [9.17, 15) is 9.59 Å². The van der Waals surface area contributed by atoms with E-state index in [1.165, 1.54) is 17.6 Å². The van der Waals surface area contributed by atoms with Gasteiger partial charge in [0.2, 0.25) is 5.91 Å². The smallest absolute Gasteiger partial charge is 0.312 e. The Kier molecular flexibility index (Phi) is 4.96. The number of nitrogens with zero attached hydrogens (tertiary/aromatic N) is 1. The van der Waals surface area contributed by atoms with Crippen molar-refractivity contribution in [2.75, 3.05) is 33.3 Å². The molecule has 3 saturated heterocycles. The van der Waals surface area contributed by atoms with Crippen LogP contribution in [0, 0.1) is 11.8 Å². The van der Waals surface area contributed by atoms with Gasteiger partial charge in [0.15, 0.2) is 0 Å². The SMILES string of the molecule is COC(=O)C1C2CCC(O2)C1C(=O)N1CC[NH+](Cc2ccccc2)CC1. The number of methoxy groups -OCH3 is 1. The van der Waals surface area contributed by atoms with Crippen LogP contribution >= 0.6 is 0 Å². The molecule has 26 heavy (non-hydrogen) atoms. The fraction of sp³-hybridized carbons (Fsp3) is 0.600. The Morgan fingerprint density at radius 3 is 2.42 bits per heavy atom. The Labute approximate surface area is 154 Å². The summed E-state index contributed by atoms with van der Waals surface area (Å²) in [7, 11) is 1.39. The lowest BCUT2D eigenvalue weighted by Crippen LogP contribution is -3.13. The molecule has 1 N–H and O–H groups in total. The molecule has 3 fully saturated rings. The molecule has 3 aliphatic rings. The van der Waals surface area contributed by atoms with Gasteiger partial charge < -0.3 is 19.3 Å². The van der Waals surface area contributed by atoms with Gasteiger partial charge in [-0.3, -0.25) is 9.59 Å². The lowest BCUT2D eigenvalue weighted by Gasteiger charge is -2.36. The highest BCUT2D eigenvalue weighted by Gasteiger charge is 2.56. The highest BCUT2D eigenvalue weighted by Crippen LogP contribution is 2.44. The van der Waals surface area contributed by atoms with E-state index in [0.29, 0.717) is 0 Å². The predicted molar refractivity (Wildman–Crippen MR) is 94.3 cm³/mol. The Morgan fingerprint density at radius 1 is 1.12 bits per heavy atom. The number of amides is 1. The number of rotatable bonds is 4. The molecule has 1 aromatic carbocycles. The van der Waals surface area contributed by atoms with E-state index in [4.69, 9.17) is 9.47 Å². The molecule has 0 aliphatic carbocycles. The van der Waals surface area contributed by atoms with Gasteiger partial charge in [0.05, 0.1) is 57.3 Å². The largest absolute Gasteiger partial charge is 0.469 e. The first-order chi connectivity index (χ1) is 12.7. The van der Waals surface area contributed by atoms with E-state index in [1.807, 2.05) is 11.0 Å². The second-order valence-corrected chi connectivity index (χ2v) is 7.60. The van der Waals surface area contributed by atoms with E-state index in [1.54, 1.807) is 0 Å². The van der Waals surface area contributed by atoms with Crippen LogP contribution in [0.5, 0.6) is 0 Å². The first-order valence-electron chi connectivity index (χ1n) is 9.57. The van der Waals surface area contributed by atoms with Crippen molar-refractivity contribution in [1.82, 2.24) is 4.90 Å². The Balaban J connectivity index is 1.36. The third-order valence-electron chi connectivity index (χ3n) is 6.11. The first kappa shape index (κ1) is 17.5. The summed E-state index contributed by atoms with van der Waals surface area (Å²) in [6.45, 7) is 4.34. The van der Waals surface area contributed by atoms with Gasteiger partial charge in [0.25, 0.3) is 0 Å². The zero-order chi connectivity index (χ0) is 18.1. The van der Waals surface area contributed by atoms with Crippen molar-refractivity contribution in [2.24, 2.45) is 11.8 Å². The zero-order valence-corrected chi connectivity index (χ0v) is 15.2.